The number of hydrogen-bond acceptors (Lipinski definition) is 3. The van der Waals surface area contributed by atoms with E-state index in [2.05, 4.69) is 51.7 Å². The first kappa shape index (κ1) is 15.4. The van der Waals surface area contributed by atoms with Gasteiger partial charge in [0.1, 0.15) is 5.75 Å². The zero-order valence-electron chi connectivity index (χ0n) is 14.8. The van der Waals surface area contributed by atoms with E-state index >= 15 is 0 Å². The SMILES string of the molecule is CCOc1ccc2[nH]c3c(c2c1)CCNC3c1ccnc2ccccc12. The van der Waals surface area contributed by atoms with Crippen LogP contribution in [0.5, 0.6) is 5.75 Å². The summed E-state index contributed by atoms with van der Waals surface area (Å²) in [7, 11) is 0. The summed E-state index contributed by atoms with van der Waals surface area (Å²) in [6, 6.07) is 17.0. The average Bonchev–Trinajstić information content (AvgIpc) is 3.06. The number of para-hydroxylation sites is 1. The van der Waals surface area contributed by atoms with Crippen LogP contribution in [0, 0.1) is 0 Å². The molecule has 4 aromatic rings. The Morgan fingerprint density at radius 1 is 1.12 bits per heavy atom. The summed E-state index contributed by atoms with van der Waals surface area (Å²) in [5.74, 6) is 0.936. The lowest BCUT2D eigenvalue weighted by atomic mass is 9.92. The lowest BCUT2D eigenvalue weighted by Crippen LogP contribution is -2.30. The van der Waals surface area contributed by atoms with Gasteiger partial charge in [0.15, 0.2) is 0 Å². The molecule has 1 unspecified atom stereocenters. The highest BCUT2D eigenvalue weighted by molar-refractivity contribution is 5.88. The molecule has 3 heterocycles. The van der Waals surface area contributed by atoms with Crippen molar-refractivity contribution in [3.05, 3.63) is 71.5 Å². The molecule has 1 aliphatic rings. The van der Waals surface area contributed by atoms with Crippen molar-refractivity contribution >= 4 is 21.8 Å². The van der Waals surface area contributed by atoms with Gasteiger partial charge in [0.25, 0.3) is 0 Å². The molecule has 130 valence electrons. The summed E-state index contributed by atoms with van der Waals surface area (Å²) in [5.41, 5.74) is 6.13. The molecule has 2 aromatic heterocycles. The van der Waals surface area contributed by atoms with Gasteiger partial charge in [0.05, 0.1) is 18.2 Å². The van der Waals surface area contributed by atoms with Crippen molar-refractivity contribution in [3.63, 3.8) is 0 Å². The summed E-state index contributed by atoms with van der Waals surface area (Å²) >= 11 is 0. The highest BCUT2D eigenvalue weighted by Gasteiger charge is 2.26. The molecule has 4 nitrogen and oxygen atoms in total. The topological polar surface area (TPSA) is 49.9 Å². The van der Waals surface area contributed by atoms with Gasteiger partial charge in [-0.1, -0.05) is 18.2 Å². The van der Waals surface area contributed by atoms with Gasteiger partial charge in [-0.2, -0.15) is 0 Å². The van der Waals surface area contributed by atoms with Crippen LogP contribution in [-0.4, -0.2) is 23.1 Å². The summed E-state index contributed by atoms with van der Waals surface area (Å²) in [6.45, 7) is 3.66. The van der Waals surface area contributed by atoms with Crippen LogP contribution < -0.4 is 10.1 Å². The zero-order valence-corrected chi connectivity index (χ0v) is 14.8. The van der Waals surface area contributed by atoms with Crippen LogP contribution in [0.25, 0.3) is 21.8 Å². The zero-order chi connectivity index (χ0) is 17.5. The molecular formula is C22H21N3O. The summed E-state index contributed by atoms with van der Waals surface area (Å²) in [5, 5.41) is 6.17. The Morgan fingerprint density at radius 3 is 2.96 bits per heavy atom. The monoisotopic (exact) mass is 343 g/mol. The maximum Gasteiger partial charge on any atom is 0.120 e. The molecule has 0 aliphatic carbocycles. The van der Waals surface area contributed by atoms with E-state index < -0.39 is 0 Å². The first-order valence-corrected chi connectivity index (χ1v) is 9.19. The molecule has 0 radical (unpaired) electrons. The molecule has 2 N–H and O–H groups in total. The Morgan fingerprint density at radius 2 is 2.04 bits per heavy atom. The minimum atomic E-state index is 0.148. The van der Waals surface area contributed by atoms with Gasteiger partial charge in [0.2, 0.25) is 0 Å². The number of fused-ring (bicyclic) bond motifs is 4. The molecule has 5 rings (SSSR count). The van der Waals surface area contributed by atoms with E-state index in [4.69, 9.17) is 4.74 Å². The number of rotatable bonds is 3. The highest BCUT2D eigenvalue weighted by atomic mass is 16.5. The molecule has 0 bridgehead atoms. The number of nitrogens with one attached hydrogen (secondary N) is 2. The molecule has 0 fully saturated rings. The Balaban J connectivity index is 1.69. The smallest absolute Gasteiger partial charge is 0.120 e. The minimum absolute atomic E-state index is 0.148. The van der Waals surface area contributed by atoms with E-state index in [-0.39, 0.29) is 6.04 Å². The third-order valence-electron chi connectivity index (χ3n) is 5.23. The maximum atomic E-state index is 5.71. The highest BCUT2D eigenvalue weighted by Crippen LogP contribution is 2.36. The minimum Gasteiger partial charge on any atom is -0.494 e. The molecule has 4 heteroatoms. The van der Waals surface area contributed by atoms with Crippen LogP contribution in [-0.2, 0) is 6.42 Å². The number of nitrogens with zero attached hydrogens (tertiary/aromatic N) is 1. The van der Waals surface area contributed by atoms with Crippen molar-refractivity contribution in [2.45, 2.75) is 19.4 Å². The molecule has 26 heavy (non-hydrogen) atoms. The summed E-state index contributed by atoms with van der Waals surface area (Å²) in [6.07, 6.45) is 2.92. The average molecular weight is 343 g/mol. The number of pyridine rings is 1. The Labute approximate surface area is 152 Å². The van der Waals surface area contributed by atoms with Crippen molar-refractivity contribution in [2.75, 3.05) is 13.2 Å². The number of H-pyrrole nitrogens is 1. The van der Waals surface area contributed by atoms with Crippen LogP contribution in [0.3, 0.4) is 0 Å². The number of hydrogen-bond donors (Lipinski definition) is 2. The van der Waals surface area contributed by atoms with Gasteiger partial charge < -0.3 is 15.0 Å². The van der Waals surface area contributed by atoms with Gasteiger partial charge in [-0.05, 0) is 54.8 Å². The third-order valence-corrected chi connectivity index (χ3v) is 5.23. The van der Waals surface area contributed by atoms with Crippen molar-refractivity contribution < 1.29 is 4.74 Å². The molecule has 0 saturated carbocycles. The third kappa shape index (κ3) is 2.37. The van der Waals surface area contributed by atoms with Crippen molar-refractivity contribution in [1.82, 2.24) is 15.3 Å². The first-order valence-electron chi connectivity index (χ1n) is 9.19. The largest absolute Gasteiger partial charge is 0.494 e. The first-order chi connectivity index (χ1) is 12.8. The van der Waals surface area contributed by atoms with Gasteiger partial charge in [-0.15, -0.1) is 0 Å². The van der Waals surface area contributed by atoms with Gasteiger partial charge in [0, 0.05) is 34.7 Å². The van der Waals surface area contributed by atoms with Crippen LogP contribution in [0.2, 0.25) is 0 Å². The molecule has 1 atom stereocenters. The second-order valence-corrected chi connectivity index (χ2v) is 6.71. The van der Waals surface area contributed by atoms with Crippen molar-refractivity contribution in [2.24, 2.45) is 0 Å². The molecule has 0 amide bonds. The fourth-order valence-electron chi connectivity index (χ4n) is 4.10. The number of ether oxygens (including phenoxy) is 1. The molecule has 1 aliphatic heterocycles. The quantitative estimate of drug-likeness (QED) is 0.581. The Kier molecular flexibility index (Phi) is 3.64. The number of aromatic nitrogens is 2. The van der Waals surface area contributed by atoms with E-state index in [0.29, 0.717) is 6.61 Å². The Hall–Kier alpha value is -2.85. The second kappa shape index (κ2) is 6.15. The summed E-state index contributed by atoms with van der Waals surface area (Å²) in [4.78, 5) is 8.17. The van der Waals surface area contributed by atoms with Crippen molar-refractivity contribution in [3.8, 4) is 5.75 Å². The number of aromatic amines is 1. The fraction of sp³-hybridized carbons (Fsp3) is 0.227. The standard InChI is InChI=1S/C22H21N3O/c1-2-26-14-7-8-20-18(13-14)17-10-12-24-21(22(17)25-20)16-9-11-23-19-6-4-3-5-15(16)19/h3-9,11,13,21,24-25H,2,10,12H2,1H3. The Bertz CT molecular complexity index is 1090. The van der Waals surface area contributed by atoms with E-state index in [1.54, 1.807) is 0 Å². The molecule has 0 saturated heterocycles. The van der Waals surface area contributed by atoms with Crippen LogP contribution in [0.15, 0.2) is 54.7 Å². The van der Waals surface area contributed by atoms with E-state index in [9.17, 15) is 0 Å². The molecule has 0 spiro atoms. The van der Waals surface area contributed by atoms with Gasteiger partial charge in [-0.3, -0.25) is 4.98 Å². The lowest BCUT2D eigenvalue weighted by molar-refractivity contribution is 0.340. The van der Waals surface area contributed by atoms with Crippen LogP contribution in [0.1, 0.15) is 29.8 Å². The lowest BCUT2D eigenvalue weighted by Gasteiger charge is -2.25. The predicted molar refractivity (Wildman–Crippen MR) is 105 cm³/mol. The van der Waals surface area contributed by atoms with Gasteiger partial charge in [-0.25, -0.2) is 0 Å². The second-order valence-electron chi connectivity index (χ2n) is 6.71. The summed E-state index contributed by atoms with van der Waals surface area (Å²) < 4.78 is 5.71. The predicted octanol–water partition coefficient (Wildman–Crippen LogP) is 4.35. The van der Waals surface area contributed by atoms with E-state index in [1.807, 2.05) is 25.3 Å². The number of benzene rings is 2. The van der Waals surface area contributed by atoms with E-state index in [0.717, 1.165) is 24.2 Å². The van der Waals surface area contributed by atoms with E-state index in [1.165, 1.54) is 33.1 Å². The van der Waals surface area contributed by atoms with Gasteiger partial charge >= 0.3 is 0 Å². The molecular weight excluding hydrogens is 322 g/mol. The maximum absolute atomic E-state index is 5.71. The fourth-order valence-corrected chi connectivity index (χ4v) is 4.10. The van der Waals surface area contributed by atoms with Crippen LogP contribution in [0.4, 0.5) is 0 Å². The van der Waals surface area contributed by atoms with Crippen molar-refractivity contribution in [1.29, 1.82) is 0 Å². The normalized spacial score (nSPS) is 16.7. The molecule has 2 aromatic carbocycles. The van der Waals surface area contributed by atoms with Crippen LogP contribution >= 0.6 is 0 Å².